The number of nitrogens with zero attached hydrogens (tertiary/aromatic N) is 1. The first-order valence-corrected chi connectivity index (χ1v) is 13.9. The van der Waals surface area contributed by atoms with E-state index in [9.17, 15) is 9.59 Å². The number of hydrogen-bond donors (Lipinski definition) is 0. The fraction of sp³-hybridized carbons (Fsp3) is 0.324. The average molecular weight is 554 g/mol. The first-order valence-electron chi connectivity index (χ1n) is 13.9. The first kappa shape index (κ1) is 28.3. The molecule has 2 aliphatic rings. The van der Waals surface area contributed by atoms with Gasteiger partial charge in [-0.2, -0.15) is 0 Å². The highest BCUT2D eigenvalue weighted by molar-refractivity contribution is 6.09. The normalized spacial score (nSPS) is 20.2. The zero-order valence-electron chi connectivity index (χ0n) is 23.7. The quantitative estimate of drug-likeness (QED) is 0.225. The number of hydrogen-bond acceptors (Lipinski definition) is 7. The molecule has 0 saturated heterocycles. The van der Waals surface area contributed by atoms with Gasteiger partial charge >= 0.3 is 5.97 Å². The fourth-order valence-electron chi connectivity index (χ4n) is 5.66. The molecule has 0 bridgehead atoms. The maximum absolute atomic E-state index is 13.8. The van der Waals surface area contributed by atoms with Gasteiger partial charge in [-0.1, -0.05) is 54.6 Å². The van der Waals surface area contributed by atoms with Gasteiger partial charge in [0.05, 0.1) is 13.7 Å². The van der Waals surface area contributed by atoms with Crippen molar-refractivity contribution >= 4 is 17.5 Å². The van der Waals surface area contributed by atoms with E-state index in [0.717, 1.165) is 28.1 Å². The smallest absolute Gasteiger partial charge is 0.315 e. The van der Waals surface area contributed by atoms with E-state index in [1.807, 2.05) is 85.8 Å². The van der Waals surface area contributed by atoms with Gasteiger partial charge in [-0.25, -0.2) is 0 Å². The standard InChI is InChI=1S/C34H35NO6/c1-22-31(34(37)40-18-17-38-2)32(25-11-15-28(16-12-25)41-21-23-7-5-4-6-8-23)33-29(35-22)19-26(20-30(33)36)24-9-13-27(39-3)14-10-24/h4-16,26,31-32H,17-21H2,1-3H3/t26-,31?,32-/m0/s1. The van der Waals surface area contributed by atoms with E-state index in [0.29, 0.717) is 43.1 Å². The Morgan fingerprint density at radius 3 is 2.22 bits per heavy atom. The molecule has 1 aliphatic heterocycles. The molecule has 41 heavy (non-hydrogen) atoms. The van der Waals surface area contributed by atoms with Crippen LogP contribution in [0.2, 0.25) is 0 Å². The highest BCUT2D eigenvalue weighted by atomic mass is 16.6. The summed E-state index contributed by atoms with van der Waals surface area (Å²) < 4.78 is 21.9. The molecule has 212 valence electrons. The highest BCUT2D eigenvalue weighted by Gasteiger charge is 2.44. The van der Waals surface area contributed by atoms with Crippen molar-refractivity contribution in [2.24, 2.45) is 10.9 Å². The van der Waals surface area contributed by atoms with Crippen LogP contribution in [-0.2, 0) is 25.7 Å². The summed E-state index contributed by atoms with van der Waals surface area (Å²) in [5, 5.41) is 0. The molecule has 3 aromatic carbocycles. The third-order valence-corrected chi connectivity index (χ3v) is 7.75. The van der Waals surface area contributed by atoms with Gasteiger partial charge in [-0.15, -0.1) is 0 Å². The van der Waals surface area contributed by atoms with E-state index < -0.39 is 17.8 Å². The number of carbonyl (C=O) groups is 2. The monoisotopic (exact) mass is 553 g/mol. The molecule has 0 radical (unpaired) electrons. The molecule has 5 rings (SSSR count). The van der Waals surface area contributed by atoms with Gasteiger partial charge in [0, 0.05) is 36.4 Å². The summed E-state index contributed by atoms with van der Waals surface area (Å²) in [5.74, 6) is -0.117. The molecule has 0 saturated carbocycles. The van der Waals surface area contributed by atoms with Crippen molar-refractivity contribution in [3.8, 4) is 11.5 Å². The maximum Gasteiger partial charge on any atom is 0.315 e. The molecule has 7 heteroatoms. The summed E-state index contributed by atoms with van der Waals surface area (Å²) >= 11 is 0. The lowest BCUT2D eigenvalue weighted by atomic mass is 9.69. The molecule has 1 heterocycles. The number of ketones is 1. The van der Waals surface area contributed by atoms with Crippen molar-refractivity contribution in [3.63, 3.8) is 0 Å². The highest BCUT2D eigenvalue weighted by Crippen LogP contribution is 2.47. The molecule has 1 aliphatic carbocycles. The van der Waals surface area contributed by atoms with Crippen LogP contribution < -0.4 is 9.47 Å². The molecular formula is C34H35NO6. The van der Waals surface area contributed by atoms with Crippen LogP contribution in [0.25, 0.3) is 0 Å². The van der Waals surface area contributed by atoms with Gasteiger partial charge in [0.1, 0.15) is 30.6 Å². The van der Waals surface area contributed by atoms with Crippen LogP contribution >= 0.6 is 0 Å². The Balaban J connectivity index is 1.45. The van der Waals surface area contributed by atoms with E-state index in [2.05, 4.69) is 0 Å². The molecule has 3 atom stereocenters. The third-order valence-electron chi connectivity index (χ3n) is 7.75. The summed E-state index contributed by atoms with van der Waals surface area (Å²) in [5.41, 5.74) is 4.98. The minimum Gasteiger partial charge on any atom is -0.497 e. The van der Waals surface area contributed by atoms with Crippen LogP contribution in [0.1, 0.15) is 48.3 Å². The summed E-state index contributed by atoms with van der Waals surface area (Å²) in [7, 11) is 3.19. The Morgan fingerprint density at radius 1 is 0.854 bits per heavy atom. The summed E-state index contributed by atoms with van der Waals surface area (Å²) in [4.78, 5) is 32.1. The molecule has 1 unspecified atom stereocenters. The Labute approximate surface area is 240 Å². The predicted octanol–water partition coefficient (Wildman–Crippen LogP) is 6.04. The lowest BCUT2D eigenvalue weighted by Gasteiger charge is -2.36. The van der Waals surface area contributed by atoms with Gasteiger partial charge in [-0.3, -0.25) is 14.6 Å². The van der Waals surface area contributed by atoms with Crippen LogP contribution in [0.4, 0.5) is 0 Å². The second-order valence-corrected chi connectivity index (χ2v) is 10.4. The Bertz CT molecular complexity index is 1430. The van der Waals surface area contributed by atoms with Crippen LogP contribution in [0.3, 0.4) is 0 Å². The van der Waals surface area contributed by atoms with Gasteiger partial charge in [0.15, 0.2) is 5.78 Å². The van der Waals surface area contributed by atoms with Crippen LogP contribution in [0.15, 0.2) is 95.1 Å². The Hall–Kier alpha value is -4.23. The molecule has 0 N–H and O–H groups in total. The van der Waals surface area contributed by atoms with Crippen molar-refractivity contribution in [1.29, 1.82) is 0 Å². The van der Waals surface area contributed by atoms with Crippen LogP contribution in [0.5, 0.6) is 11.5 Å². The van der Waals surface area contributed by atoms with E-state index in [4.69, 9.17) is 23.9 Å². The van der Waals surface area contributed by atoms with Crippen molar-refractivity contribution < 1.29 is 28.5 Å². The van der Waals surface area contributed by atoms with Crippen molar-refractivity contribution in [2.45, 2.75) is 38.2 Å². The van der Waals surface area contributed by atoms with E-state index in [1.165, 1.54) is 0 Å². The van der Waals surface area contributed by atoms with Crippen molar-refractivity contribution in [3.05, 3.63) is 107 Å². The maximum atomic E-state index is 13.8. The SMILES string of the molecule is COCCOC(=O)C1C(C)=NC2=C(C(=O)C[C@@H](c3ccc(OC)cc3)C2)[C@H]1c1ccc(OCc2ccccc2)cc1. The summed E-state index contributed by atoms with van der Waals surface area (Å²) in [6.45, 7) is 2.73. The largest absolute Gasteiger partial charge is 0.497 e. The second kappa shape index (κ2) is 13.0. The summed E-state index contributed by atoms with van der Waals surface area (Å²) in [6.07, 6.45) is 0.963. The van der Waals surface area contributed by atoms with Gasteiger partial charge in [0.25, 0.3) is 0 Å². The predicted molar refractivity (Wildman–Crippen MR) is 156 cm³/mol. The van der Waals surface area contributed by atoms with Crippen LogP contribution in [0, 0.1) is 5.92 Å². The van der Waals surface area contributed by atoms with Crippen LogP contribution in [-0.4, -0.2) is 44.9 Å². The number of methoxy groups -OCH3 is 2. The van der Waals surface area contributed by atoms with Crippen molar-refractivity contribution in [2.75, 3.05) is 27.4 Å². The number of benzene rings is 3. The zero-order valence-corrected chi connectivity index (χ0v) is 23.7. The molecule has 0 amide bonds. The number of ether oxygens (including phenoxy) is 4. The van der Waals surface area contributed by atoms with E-state index in [-0.39, 0.29) is 18.3 Å². The minimum absolute atomic E-state index is 0.00308. The number of carbonyl (C=O) groups excluding carboxylic acids is 2. The minimum atomic E-state index is -0.705. The second-order valence-electron chi connectivity index (χ2n) is 10.4. The third kappa shape index (κ3) is 6.41. The molecule has 0 fully saturated rings. The molecular weight excluding hydrogens is 518 g/mol. The topological polar surface area (TPSA) is 83.4 Å². The summed E-state index contributed by atoms with van der Waals surface area (Å²) in [6, 6.07) is 25.4. The van der Waals surface area contributed by atoms with Gasteiger partial charge in [-0.05, 0) is 60.2 Å². The number of aliphatic imine (C=N–C) groups is 1. The van der Waals surface area contributed by atoms with Gasteiger partial charge in [0.2, 0.25) is 0 Å². The lowest BCUT2D eigenvalue weighted by Crippen LogP contribution is -2.38. The lowest BCUT2D eigenvalue weighted by molar-refractivity contribution is -0.147. The number of Topliss-reactive ketones (excluding diaryl/α,β-unsaturated/α-hetero) is 1. The Kier molecular flexibility index (Phi) is 8.95. The van der Waals surface area contributed by atoms with E-state index in [1.54, 1.807) is 14.2 Å². The molecule has 0 aromatic heterocycles. The molecule has 0 spiro atoms. The molecule has 7 nitrogen and oxygen atoms in total. The first-order chi connectivity index (χ1) is 20.0. The fourth-order valence-corrected chi connectivity index (χ4v) is 5.66. The van der Waals surface area contributed by atoms with Gasteiger partial charge < -0.3 is 18.9 Å². The Morgan fingerprint density at radius 2 is 1.54 bits per heavy atom. The number of allylic oxidation sites excluding steroid dienone is 2. The van der Waals surface area contributed by atoms with E-state index >= 15 is 0 Å². The zero-order chi connectivity index (χ0) is 28.8. The molecule has 3 aromatic rings. The van der Waals surface area contributed by atoms with Crippen molar-refractivity contribution in [1.82, 2.24) is 0 Å². The average Bonchev–Trinajstić information content (AvgIpc) is 3.00. The number of rotatable bonds is 10. The number of esters is 1.